The van der Waals surface area contributed by atoms with Gasteiger partial charge in [-0.2, -0.15) is 9.11 Å². The fourth-order valence-electron chi connectivity index (χ4n) is 1.24. The van der Waals surface area contributed by atoms with E-state index in [0.717, 1.165) is 25.1 Å². The highest BCUT2D eigenvalue weighted by Crippen LogP contribution is 2.26. The number of aliphatic carboxylic acids is 1. The van der Waals surface area contributed by atoms with E-state index in [1.165, 1.54) is 0 Å². The number of hydrogen-bond acceptors (Lipinski definition) is 5. The zero-order valence-electron chi connectivity index (χ0n) is 9.53. The van der Waals surface area contributed by atoms with Crippen molar-refractivity contribution >= 4 is 21.7 Å². The zero-order valence-corrected chi connectivity index (χ0v) is 10.3. The van der Waals surface area contributed by atoms with Crippen LogP contribution < -0.4 is 4.72 Å². The van der Waals surface area contributed by atoms with Gasteiger partial charge in [-0.05, 0) is 19.1 Å². The Balaban J connectivity index is 3.34. The summed E-state index contributed by atoms with van der Waals surface area (Å²) in [5.41, 5.74) is -1.23. The molecule has 1 unspecified atom stereocenters. The Hall–Kier alpha value is -2.07. The molecule has 0 fully saturated rings. The highest BCUT2D eigenvalue weighted by molar-refractivity contribution is 7.89. The van der Waals surface area contributed by atoms with E-state index in [0.29, 0.717) is 0 Å². The van der Waals surface area contributed by atoms with Crippen LogP contribution in [-0.4, -0.2) is 30.5 Å². The van der Waals surface area contributed by atoms with E-state index in [2.05, 4.69) is 0 Å². The molecule has 1 atom stereocenters. The largest absolute Gasteiger partial charge is 0.480 e. The molecule has 1 aromatic rings. The summed E-state index contributed by atoms with van der Waals surface area (Å²) in [6, 6.07) is 1.02. The molecule has 0 heterocycles. The Labute approximate surface area is 107 Å². The van der Waals surface area contributed by atoms with Crippen molar-refractivity contribution in [2.75, 3.05) is 0 Å². The molecule has 19 heavy (non-hydrogen) atoms. The van der Waals surface area contributed by atoms with Crippen LogP contribution in [0.3, 0.4) is 0 Å². The van der Waals surface area contributed by atoms with Crippen molar-refractivity contribution in [3.05, 3.63) is 34.1 Å². The van der Waals surface area contributed by atoms with Gasteiger partial charge in [0.15, 0.2) is 4.90 Å². The van der Waals surface area contributed by atoms with Crippen molar-refractivity contribution in [2.45, 2.75) is 17.9 Å². The second-order valence-electron chi connectivity index (χ2n) is 3.52. The van der Waals surface area contributed by atoms with E-state index < -0.39 is 43.4 Å². The highest BCUT2D eigenvalue weighted by atomic mass is 32.2. The Bertz CT molecular complexity index is 630. The molecule has 0 aromatic heterocycles. The number of carboxylic acids is 1. The topological polar surface area (TPSA) is 127 Å². The fraction of sp³-hybridized carbons (Fsp3) is 0.222. The third kappa shape index (κ3) is 3.23. The molecule has 0 spiro atoms. The minimum atomic E-state index is -4.52. The first-order valence-electron chi connectivity index (χ1n) is 4.85. The predicted molar refractivity (Wildman–Crippen MR) is 60.5 cm³/mol. The monoisotopic (exact) mass is 292 g/mol. The van der Waals surface area contributed by atoms with Gasteiger partial charge in [0.25, 0.3) is 0 Å². The van der Waals surface area contributed by atoms with Gasteiger partial charge in [-0.25, -0.2) is 8.42 Å². The number of para-hydroxylation sites is 1. The second-order valence-corrected chi connectivity index (χ2v) is 5.21. The molecule has 1 rings (SSSR count). The van der Waals surface area contributed by atoms with E-state index in [4.69, 9.17) is 5.11 Å². The molecule has 0 aliphatic rings. The molecule has 0 saturated heterocycles. The number of nitro groups is 1. The summed E-state index contributed by atoms with van der Waals surface area (Å²) in [7, 11) is -4.52. The summed E-state index contributed by atoms with van der Waals surface area (Å²) in [4.78, 5) is 19.1. The van der Waals surface area contributed by atoms with Crippen molar-refractivity contribution in [1.82, 2.24) is 4.72 Å². The van der Waals surface area contributed by atoms with Crippen LogP contribution in [0.1, 0.15) is 6.92 Å². The summed E-state index contributed by atoms with van der Waals surface area (Å²) in [5.74, 6) is -2.79. The molecule has 1 aromatic carbocycles. The normalized spacial score (nSPS) is 12.9. The molecule has 0 aliphatic heterocycles. The standard InChI is InChI=1S/C9H9FN2O6S/c1-5(9(13)14)11-19(17,18)7-4-2-3-6(10)8(7)12(15)16/h2-5,11H,1H3,(H,13,14). The number of hydrogen-bond donors (Lipinski definition) is 2. The Morgan fingerprint density at radius 2 is 2.11 bits per heavy atom. The van der Waals surface area contributed by atoms with Gasteiger partial charge < -0.3 is 5.11 Å². The first-order chi connectivity index (χ1) is 8.66. The summed E-state index contributed by atoms with van der Waals surface area (Å²) >= 11 is 0. The maximum Gasteiger partial charge on any atom is 0.324 e. The van der Waals surface area contributed by atoms with E-state index in [-0.39, 0.29) is 0 Å². The van der Waals surface area contributed by atoms with E-state index in [1.54, 1.807) is 4.72 Å². The van der Waals surface area contributed by atoms with Gasteiger partial charge in [-0.15, -0.1) is 0 Å². The minimum Gasteiger partial charge on any atom is -0.480 e. The van der Waals surface area contributed by atoms with Gasteiger partial charge in [0, 0.05) is 0 Å². The van der Waals surface area contributed by atoms with Crippen LogP contribution in [0.5, 0.6) is 0 Å². The van der Waals surface area contributed by atoms with Crippen LogP contribution in [0.4, 0.5) is 10.1 Å². The van der Waals surface area contributed by atoms with Crippen molar-refractivity contribution in [3.8, 4) is 0 Å². The third-order valence-electron chi connectivity index (χ3n) is 2.12. The van der Waals surface area contributed by atoms with Crippen LogP contribution in [0.2, 0.25) is 0 Å². The summed E-state index contributed by atoms with van der Waals surface area (Å²) in [6.45, 7) is 1.03. The number of benzene rings is 1. The van der Waals surface area contributed by atoms with Gasteiger partial charge in [0.05, 0.1) is 4.92 Å². The van der Waals surface area contributed by atoms with Gasteiger partial charge in [0.1, 0.15) is 6.04 Å². The van der Waals surface area contributed by atoms with Gasteiger partial charge in [-0.3, -0.25) is 14.9 Å². The molecular weight excluding hydrogens is 283 g/mol. The van der Waals surface area contributed by atoms with Crippen molar-refractivity contribution < 1.29 is 27.6 Å². The van der Waals surface area contributed by atoms with E-state index >= 15 is 0 Å². The zero-order chi connectivity index (χ0) is 14.8. The lowest BCUT2D eigenvalue weighted by Gasteiger charge is -2.10. The summed E-state index contributed by atoms with van der Waals surface area (Å²) in [5, 5.41) is 19.3. The van der Waals surface area contributed by atoms with E-state index in [1.807, 2.05) is 0 Å². The third-order valence-corrected chi connectivity index (χ3v) is 3.70. The van der Waals surface area contributed by atoms with Crippen molar-refractivity contribution in [3.63, 3.8) is 0 Å². The van der Waals surface area contributed by atoms with E-state index in [9.17, 15) is 27.7 Å². The molecular formula is C9H9FN2O6S. The number of halogens is 1. The molecule has 2 N–H and O–H groups in total. The number of sulfonamides is 1. The maximum atomic E-state index is 13.3. The number of carbonyl (C=O) groups is 1. The molecule has 0 aliphatic carbocycles. The average Bonchev–Trinajstić information content (AvgIpc) is 2.27. The fourth-order valence-corrected chi connectivity index (χ4v) is 2.61. The van der Waals surface area contributed by atoms with Crippen molar-refractivity contribution in [1.29, 1.82) is 0 Å². The minimum absolute atomic E-state index is 0.734. The van der Waals surface area contributed by atoms with Gasteiger partial charge in [0.2, 0.25) is 15.8 Å². The van der Waals surface area contributed by atoms with Crippen LogP contribution in [0, 0.1) is 15.9 Å². The summed E-state index contributed by atoms with van der Waals surface area (Å²) in [6.07, 6.45) is 0. The van der Waals surface area contributed by atoms with Crippen LogP contribution in [0.15, 0.2) is 23.1 Å². The van der Waals surface area contributed by atoms with Crippen LogP contribution in [-0.2, 0) is 14.8 Å². The first kappa shape index (κ1) is 15.0. The predicted octanol–water partition coefficient (Wildman–Crippen LogP) is 0.485. The molecule has 0 saturated carbocycles. The second kappa shape index (κ2) is 5.28. The quantitative estimate of drug-likeness (QED) is 0.600. The first-order valence-corrected chi connectivity index (χ1v) is 6.33. The molecule has 104 valence electrons. The number of nitro benzene ring substituents is 1. The molecule has 0 radical (unpaired) electrons. The Kier molecular flexibility index (Phi) is 4.17. The lowest BCUT2D eigenvalue weighted by Crippen LogP contribution is -2.38. The Morgan fingerprint density at radius 3 is 2.58 bits per heavy atom. The number of nitrogens with one attached hydrogen (secondary N) is 1. The lowest BCUT2D eigenvalue weighted by atomic mass is 10.3. The van der Waals surface area contributed by atoms with Crippen LogP contribution >= 0.6 is 0 Å². The highest BCUT2D eigenvalue weighted by Gasteiger charge is 2.31. The van der Waals surface area contributed by atoms with Crippen molar-refractivity contribution in [2.24, 2.45) is 0 Å². The van der Waals surface area contributed by atoms with Gasteiger partial charge >= 0.3 is 11.7 Å². The smallest absolute Gasteiger partial charge is 0.324 e. The summed E-state index contributed by atoms with van der Waals surface area (Å²) < 4.78 is 38.5. The maximum absolute atomic E-state index is 13.3. The molecule has 10 heteroatoms. The number of rotatable bonds is 5. The van der Waals surface area contributed by atoms with Gasteiger partial charge in [-0.1, -0.05) is 6.07 Å². The lowest BCUT2D eigenvalue weighted by molar-refractivity contribution is -0.390. The van der Waals surface area contributed by atoms with Crippen LogP contribution in [0.25, 0.3) is 0 Å². The Morgan fingerprint density at radius 1 is 1.53 bits per heavy atom. The number of carboxylic acid groups (broad SMARTS) is 1. The molecule has 0 bridgehead atoms. The number of nitrogens with zero attached hydrogens (tertiary/aromatic N) is 1. The molecule has 0 amide bonds. The average molecular weight is 292 g/mol. The SMILES string of the molecule is CC(NS(=O)(=O)c1cccc(F)c1[N+](=O)[O-])C(=O)O. The molecule has 8 nitrogen and oxygen atoms in total.